The second-order valence-corrected chi connectivity index (χ2v) is 5.65. The minimum Gasteiger partial charge on any atom is -0.385 e. The number of aromatic nitrogens is 1. The Kier molecular flexibility index (Phi) is 4.10. The van der Waals surface area contributed by atoms with Crippen LogP contribution in [0.5, 0.6) is 0 Å². The summed E-state index contributed by atoms with van der Waals surface area (Å²) in [5, 5.41) is 9.17. The SMILES string of the molecule is c1ccc2c(c1)NCCC2CNCCc1cscn1. The number of nitrogens with zero attached hydrogens (tertiary/aromatic N) is 1. The van der Waals surface area contributed by atoms with Crippen molar-refractivity contribution in [3.05, 3.63) is 46.4 Å². The van der Waals surface area contributed by atoms with Gasteiger partial charge in [0.2, 0.25) is 0 Å². The Bertz CT molecular complexity index is 510. The predicted octanol–water partition coefficient (Wildman–Crippen LogP) is 2.87. The van der Waals surface area contributed by atoms with Crippen LogP contribution < -0.4 is 10.6 Å². The summed E-state index contributed by atoms with van der Waals surface area (Å²) in [6, 6.07) is 8.66. The molecule has 0 spiro atoms. The Hall–Kier alpha value is -1.39. The molecule has 3 rings (SSSR count). The monoisotopic (exact) mass is 273 g/mol. The zero-order chi connectivity index (χ0) is 12.9. The minimum absolute atomic E-state index is 0.632. The lowest BCUT2D eigenvalue weighted by Crippen LogP contribution is -2.28. The summed E-state index contributed by atoms with van der Waals surface area (Å²) in [6.45, 7) is 3.15. The van der Waals surface area contributed by atoms with E-state index < -0.39 is 0 Å². The first-order valence-electron chi connectivity index (χ1n) is 6.84. The van der Waals surface area contributed by atoms with Gasteiger partial charge in [0, 0.05) is 43.0 Å². The maximum atomic E-state index is 4.31. The van der Waals surface area contributed by atoms with E-state index >= 15 is 0 Å². The quantitative estimate of drug-likeness (QED) is 0.823. The van der Waals surface area contributed by atoms with Gasteiger partial charge in [-0.05, 0) is 18.1 Å². The van der Waals surface area contributed by atoms with E-state index in [1.54, 1.807) is 11.3 Å². The molecule has 1 unspecified atom stereocenters. The van der Waals surface area contributed by atoms with Gasteiger partial charge in [-0.3, -0.25) is 0 Å². The Morgan fingerprint density at radius 1 is 1.37 bits per heavy atom. The standard InChI is InChI=1S/C15H19N3S/c1-2-4-15-14(3-1)12(5-8-17-15)9-16-7-6-13-10-19-11-18-13/h1-4,10-12,16-17H,5-9H2. The third-order valence-electron chi connectivity index (χ3n) is 3.64. The van der Waals surface area contributed by atoms with Crippen molar-refractivity contribution in [3.8, 4) is 0 Å². The number of rotatable bonds is 5. The molecule has 1 atom stereocenters. The number of thiazole rings is 1. The van der Waals surface area contributed by atoms with Crippen LogP contribution in [0.15, 0.2) is 35.2 Å². The molecule has 2 N–H and O–H groups in total. The van der Waals surface area contributed by atoms with Crippen LogP contribution in [0.4, 0.5) is 5.69 Å². The Balaban J connectivity index is 1.51. The van der Waals surface area contributed by atoms with Gasteiger partial charge >= 0.3 is 0 Å². The molecule has 3 nitrogen and oxygen atoms in total. The van der Waals surface area contributed by atoms with Crippen LogP contribution in [-0.4, -0.2) is 24.6 Å². The zero-order valence-corrected chi connectivity index (χ0v) is 11.7. The first-order valence-corrected chi connectivity index (χ1v) is 7.78. The van der Waals surface area contributed by atoms with Crippen molar-refractivity contribution in [1.29, 1.82) is 0 Å². The average Bonchev–Trinajstić information content (AvgIpc) is 2.97. The van der Waals surface area contributed by atoms with Crippen LogP contribution in [0.25, 0.3) is 0 Å². The van der Waals surface area contributed by atoms with Crippen LogP contribution in [0.2, 0.25) is 0 Å². The second kappa shape index (κ2) is 6.17. The molecular formula is C15H19N3S. The molecule has 0 saturated carbocycles. The number of nitrogens with one attached hydrogen (secondary N) is 2. The largest absolute Gasteiger partial charge is 0.385 e. The molecule has 0 bridgehead atoms. The Morgan fingerprint density at radius 2 is 2.32 bits per heavy atom. The van der Waals surface area contributed by atoms with E-state index in [0.717, 1.165) is 26.1 Å². The van der Waals surface area contributed by atoms with Crippen molar-refractivity contribution >= 4 is 17.0 Å². The summed E-state index contributed by atoms with van der Waals surface area (Å²) in [5.41, 5.74) is 5.86. The van der Waals surface area contributed by atoms with Gasteiger partial charge in [0.05, 0.1) is 11.2 Å². The van der Waals surface area contributed by atoms with E-state index in [1.165, 1.54) is 23.4 Å². The molecule has 1 aromatic carbocycles. The highest BCUT2D eigenvalue weighted by Gasteiger charge is 2.18. The van der Waals surface area contributed by atoms with Crippen LogP contribution in [0, 0.1) is 0 Å². The summed E-state index contributed by atoms with van der Waals surface area (Å²) in [4.78, 5) is 4.31. The van der Waals surface area contributed by atoms with Gasteiger partial charge in [-0.2, -0.15) is 0 Å². The molecular weight excluding hydrogens is 254 g/mol. The van der Waals surface area contributed by atoms with Crippen molar-refractivity contribution < 1.29 is 0 Å². The number of hydrogen-bond acceptors (Lipinski definition) is 4. The smallest absolute Gasteiger partial charge is 0.0794 e. The summed E-state index contributed by atoms with van der Waals surface area (Å²) in [6.07, 6.45) is 2.23. The van der Waals surface area contributed by atoms with Gasteiger partial charge in [-0.1, -0.05) is 18.2 Å². The summed E-state index contributed by atoms with van der Waals surface area (Å²) >= 11 is 1.67. The fourth-order valence-corrected chi connectivity index (χ4v) is 3.21. The molecule has 0 fully saturated rings. The highest BCUT2D eigenvalue weighted by molar-refractivity contribution is 7.07. The number of anilines is 1. The third kappa shape index (κ3) is 3.14. The van der Waals surface area contributed by atoms with Gasteiger partial charge in [0.15, 0.2) is 0 Å². The molecule has 1 aromatic heterocycles. The Labute approximate surface area is 118 Å². The third-order valence-corrected chi connectivity index (χ3v) is 4.28. The van der Waals surface area contributed by atoms with E-state index in [9.17, 15) is 0 Å². The van der Waals surface area contributed by atoms with Crippen LogP contribution in [0.1, 0.15) is 23.6 Å². The molecule has 0 amide bonds. The lowest BCUT2D eigenvalue weighted by atomic mass is 9.91. The maximum absolute atomic E-state index is 4.31. The van der Waals surface area contributed by atoms with E-state index in [4.69, 9.17) is 0 Å². The van der Waals surface area contributed by atoms with E-state index in [1.807, 2.05) is 5.51 Å². The van der Waals surface area contributed by atoms with Gasteiger partial charge in [-0.25, -0.2) is 4.98 Å². The molecule has 19 heavy (non-hydrogen) atoms. The van der Waals surface area contributed by atoms with Crippen molar-refractivity contribution in [3.63, 3.8) is 0 Å². The fourth-order valence-electron chi connectivity index (χ4n) is 2.62. The minimum atomic E-state index is 0.632. The normalized spacial score (nSPS) is 17.8. The van der Waals surface area contributed by atoms with Crippen LogP contribution >= 0.6 is 11.3 Å². The van der Waals surface area contributed by atoms with Crippen molar-refractivity contribution in [2.24, 2.45) is 0 Å². The Morgan fingerprint density at radius 3 is 3.21 bits per heavy atom. The first kappa shape index (κ1) is 12.6. The zero-order valence-electron chi connectivity index (χ0n) is 10.9. The number of benzene rings is 1. The number of fused-ring (bicyclic) bond motifs is 1. The summed E-state index contributed by atoms with van der Waals surface area (Å²) in [7, 11) is 0. The molecule has 1 aliphatic heterocycles. The summed E-state index contributed by atoms with van der Waals surface area (Å²) < 4.78 is 0. The predicted molar refractivity (Wildman–Crippen MR) is 81.0 cm³/mol. The van der Waals surface area contributed by atoms with Gasteiger partial charge in [0.25, 0.3) is 0 Å². The summed E-state index contributed by atoms with van der Waals surface area (Å²) in [5.74, 6) is 0.632. The van der Waals surface area contributed by atoms with Crippen molar-refractivity contribution in [2.45, 2.75) is 18.8 Å². The maximum Gasteiger partial charge on any atom is 0.0794 e. The van der Waals surface area contributed by atoms with Gasteiger partial charge < -0.3 is 10.6 Å². The van der Waals surface area contributed by atoms with Crippen molar-refractivity contribution in [2.75, 3.05) is 25.0 Å². The molecule has 100 valence electrons. The van der Waals surface area contributed by atoms with Crippen LogP contribution in [0.3, 0.4) is 0 Å². The highest BCUT2D eigenvalue weighted by atomic mass is 32.1. The molecule has 0 radical (unpaired) electrons. The molecule has 1 aliphatic rings. The van der Waals surface area contributed by atoms with E-state index in [0.29, 0.717) is 5.92 Å². The van der Waals surface area contributed by atoms with E-state index in [2.05, 4.69) is 45.3 Å². The second-order valence-electron chi connectivity index (χ2n) is 4.93. The average molecular weight is 273 g/mol. The molecule has 2 heterocycles. The highest BCUT2D eigenvalue weighted by Crippen LogP contribution is 2.30. The lowest BCUT2D eigenvalue weighted by molar-refractivity contribution is 0.552. The molecule has 0 aliphatic carbocycles. The van der Waals surface area contributed by atoms with E-state index in [-0.39, 0.29) is 0 Å². The number of hydrogen-bond donors (Lipinski definition) is 2. The molecule has 0 saturated heterocycles. The lowest BCUT2D eigenvalue weighted by Gasteiger charge is -2.26. The van der Waals surface area contributed by atoms with Gasteiger partial charge in [0.1, 0.15) is 0 Å². The van der Waals surface area contributed by atoms with Crippen molar-refractivity contribution in [1.82, 2.24) is 10.3 Å². The molecule has 4 heteroatoms. The molecule has 2 aromatic rings. The number of para-hydroxylation sites is 1. The van der Waals surface area contributed by atoms with Gasteiger partial charge in [-0.15, -0.1) is 11.3 Å². The van der Waals surface area contributed by atoms with Crippen LogP contribution in [-0.2, 0) is 6.42 Å². The first-order chi connectivity index (χ1) is 9.43. The fraction of sp³-hybridized carbons (Fsp3) is 0.400. The topological polar surface area (TPSA) is 37.0 Å².